The second kappa shape index (κ2) is 4.54. The fourth-order valence-corrected chi connectivity index (χ4v) is 0.938. The molecule has 0 amide bonds. The number of carbonyl (C=O) groups is 1. The summed E-state index contributed by atoms with van der Waals surface area (Å²) in [5.41, 5.74) is 4.27. The maximum absolute atomic E-state index is 12.9. The van der Waals surface area contributed by atoms with Gasteiger partial charge in [0.1, 0.15) is 6.54 Å². The van der Waals surface area contributed by atoms with Gasteiger partial charge in [-0.1, -0.05) is 0 Å². The van der Waals surface area contributed by atoms with Crippen molar-refractivity contribution in [3.8, 4) is 0 Å². The number of halogens is 1. The number of anilines is 1. The molecule has 0 saturated heterocycles. The first kappa shape index (κ1) is 11.2. The van der Waals surface area contributed by atoms with Crippen molar-refractivity contribution in [1.29, 1.82) is 0 Å². The topological polar surface area (TPSA) is 87.2 Å². The van der Waals surface area contributed by atoms with Gasteiger partial charge in [-0.05, 0) is 6.92 Å². The van der Waals surface area contributed by atoms with Crippen molar-refractivity contribution in [3.05, 3.63) is 22.5 Å². The lowest BCUT2D eigenvalue weighted by Crippen LogP contribution is -2.28. The highest BCUT2D eigenvalue weighted by Crippen LogP contribution is 2.00. The largest absolute Gasteiger partial charge is 0.465 e. The molecule has 0 aliphatic rings. The molecule has 1 heterocycles. The van der Waals surface area contributed by atoms with Crippen molar-refractivity contribution in [1.82, 2.24) is 9.55 Å². The van der Waals surface area contributed by atoms with Crippen molar-refractivity contribution in [2.24, 2.45) is 0 Å². The summed E-state index contributed by atoms with van der Waals surface area (Å²) in [5, 5.41) is 0. The third-order valence-corrected chi connectivity index (χ3v) is 1.58. The first-order chi connectivity index (χ1) is 7.04. The molecule has 0 spiro atoms. The van der Waals surface area contributed by atoms with Crippen molar-refractivity contribution in [3.63, 3.8) is 0 Å². The summed E-state index contributed by atoms with van der Waals surface area (Å²) in [6, 6.07) is 0. The number of aromatic nitrogens is 2. The van der Waals surface area contributed by atoms with Crippen molar-refractivity contribution in [2.75, 3.05) is 12.3 Å². The number of nitrogen functional groups attached to an aromatic ring is 1. The van der Waals surface area contributed by atoms with E-state index < -0.39 is 23.3 Å². The minimum Gasteiger partial charge on any atom is -0.465 e. The Hall–Kier alpha value is -1.92. The molecule has 15 heavy (non-hydrogen) atoms. The van der Waals surface area contributed by atoms with Gasteiger partial charge in [0.15, 0.2) is 11.6 Å². The molecule has 1 aromatic rings. The van der Waals surface area contributed by atoms with Crippen molar-refractivity contribution < 1.29 is 13.9 Å². The molecule has 0 aliphatic heterocycles. The SMILES string of the molecule is CCOC(=O)Cn1cc(F)c(N)nc1=O. The van der Waals surface area contributed by atoms with Crippen LogP contribution in [0.3, 0.4) is 0 Å². The minimum absolute atomic E-state index is 0.193. The second-order valence-corrected chi connectivity index (χ2v) is 2.69. The predicted molar refractivity (Wildman–Crippen MR) is 49.5 cm³/mol. The Morgan fingerprint density at radius 2 is 2.40 bits per heavy atom. The summed E-state index contributed by atoms with van der Waals surface area (Å²) < 4.78 is 18.3. The van der Waals surface area contributed by atoms with E-state index in [-0.39, 0.29) is 13.2 Å². The van der Waals surface area contributed by atoms with Gasteiger partial charge in [-0.15, -0.1) is 0 Å². The highest BCUT2D eigenvalue weighted by molar-refractivity contribution is 5.69. The van der Waals surface area contributed by atoms with Gasteiger partial charge >= 0.3 is 11.7 Å². The molecule has 82 valence electrons. The zero-order valence-electron chi connectivity index (χ0n) is 8.07. The van der Waals surface area contributed by atoms with Gasteiger partial charge in [0.25, 0.3) is 0 Å². The van der Waals surface area contributed by atoms with E-state index in [4.69, 9.17) is 5.73 Å². The first-order valence-corrected chi connectivity index (χ1v) is 4.22. The van der Waals surface area contributed by atoms with E-state index in [2.05, 4.69) is 9.72 Å². The summed E-state index contributed by atoms with van der Waals surface area (Å²) in [4.78, 5) is 25.3. The maximum Gasteiger partial charge on any atom is 0.350 e. The molecular formula is C8H10FN3O3. The Balaban J connectivity index is 2.91. The van der Waals surface area contributed by atoms with Gasteiger partial charge in [0.2, 0.25) is 0 Å². The Bertz CT molecular complexity index is 430. The molecule has 6 nitrogen and oxygen atoms in total. The summed E-state index contributed by atoms with van der Waals surface area (Å²) >= 11 is 0. The van der Waals surface area contributed by atoms with E-state index in [9.17, 15) is 14.0 Å². The van der Waals surface area contributed by atoms with Crippen molar-refractivity contribution >= 4 is 11.8 Å². The molecule has 0 atom stereocenters. The number of hydrogen-bond acceptors (Lipinski definition) is 5. The van der Waals surface area contributed by atoms with Crippen molar-refractivity contribution in [2.45, 2.75) is 13.5 Å². The zero-order valence-corrected chi connectivity index (χ0v) is 8.07. The van der Waals surface area contributed by atoms with Crippen LogP contribution in [-0.4, -0.2) is 22.1 Å². The molecule has 2 N–H and O–H groups in total. The van der Waals surface area contributed by atoms with Gasteiger partial charge < -0.3 is 10.5 Å². The lowest BCUT2D eigenvalue weighted by atomic mass is 10.5. The molecular weight excluding hydrogens is 205 g/mol. The molecule has 0 bridgehead atoms. The second-order valence-electron chi connectivity index (χ2n) is 2.69. The monoisotopic (exact) mass is 215 g/mol. The summed E-state index contributed by atoms with van der Waals surface area (Å²) in [6.07, 6.45) is 0.821. The molecule has 1 rings (SSSR count). The van der Waals surface area contributed by atoms with Crippen LogP contribution in [0.1, 0.15) is 6.92 Å². The number of hydrogen-bond donors (Lipinski definition) is 1. The molecule has 0 fully saturated rings. The average molecular weight is 215 g/mol. The number of rotatable bonds is 3. The number of nitrogens with two attached hydrogens (primary N) is 1. The normalized spacial score (nSPS) is 10.0. The van der Waals surface area contributed by atoms with Gasteiger partial charge in [-0.2, -0.15) is 4.98 Å². The Morgan fingerprint density at radius 3 is 3.00 bits per heavy atom. The molecule has 0 radical (unpaired) electrons. The number of nitrogens with zero attached hydrogens (tertiary/aromatic N) is 2. The quantitative estimate of drug-likeness (QED) is 0.688. The maximum atomic E-state index is 12.9. The van der Waals surface area contributed by atoms with E-state index in [0.29, 0.717) is 0 Å². The van der Waals surface area contributed by atoms with E-state index in [0.717, 1.165) is 10.8 Å². The van der Waals surface area contributed by atoms with Crippen LogP contribution in [0.4, 0.5) is 10.2 Å². The van der Waals surface area contributed by atoms with E-state index in [1.165, 1.54) is 0 Å². The number of ether oxygens (including phenoxy) is 1. The summed E-state index contributed by atoms with van der Waals surface area (Å²) in [7, 11) is 0. The smallest absolute Gasteiger partial charge is 0.350 e. The predicted octanol–water partition coefficient (Wildman–Crippen LogP) is -0.472. The molecule has 0 aliphatic carbocycles. The summed E-state index contributed by atoms with van der Waals surface area (Å²) in [5.74, 6) is -1.97. The van der Waals surface area contributed by atoms with Crippen LogP contribution in [-0.2, 0) is 16.1 Å². The fourth-order valence-electron chi connectivity index (χ4n) is 0.938. The summed E-state index contributed by atoms with van der Waals surface area (Å²) in [6.45, 7) is 1.44. The lowest BCUT2D eigenvalue weighted by molar-refractivity contribution is -0.143. The fraction of sp³-hybridized carbons (Fsp3) is 0.375. The van der Waals surface area contributed by atoms with Gasteiger partial charge in [0, 0.05) is 6.20 Å². The number of carbonyl (C=O) groups excluding carboxylic acids is 1. The zero-order chi connectivity index (χ0) is 11.4. The van der Waals surface area contributed by atoms with Crippen LogP contribution in [0, 0.1) is 5.82 Å². The molecule has 0 unspecified atom stereocenters. The minimum atomic E-state index is -0.848. The van der Waals surface area contributed by atoms with E-state index in [1.807, 2.05) is 0 Å². The van der Waals surface area contributed by atoms with Crippen LogP contribution >= 0.6 is 0 Å². The van der Waals surface area contributed by atoms with E-state index in [1.54, 1.807) is 6.92 Å². The van der Waals surface area contributed by atoms with Crippen LogP contribution in [0.15, 0.2) is 11.0 Å². The molecule has 0 aromatic carbocycles. The van der Waals surface area contributed by atoms with Gasteiger partial charge in [-0.25, -0.2) is 9.18 Å². The highest BCUT2D eigenvalue weighted by Gasteiger charge is 2.09. The van der Waals surface area contributed by atoms with Crippen LogP contribution in [0.2, 0.25) is 0 Å². The van der Waals surface area contributed by atoms with Gasteiger partial charge in [-0.3, -0.25) is 9.36 Å². The first-order valence-electron chi connectivity index (χ1n) is 4.22. The Kier molecular flexibility index (Phi) is 3.37. The standard InChI is InChI=1S/C8H10FN3O3/c1-2-15-6(13)4-12-3-5(9)7(10)11-8(12)14/h3H,2,4H2,1H3,(H2,10,11,14). The molecule has 0 saturated carbocycles. The number of esters is 1. The highest BCUT2D eigenvalue weighted by atomic mass is 19.1. The Morgan fingerprint density at radius 1 is 1.73 bits per heavy atom. The van der Waals surface area contributed by atoms with Gasteiger partial charge in [0.05, 0.1) is 6.61 Å². The Labute approximate surface area is 84.5 Å². The molecule has 1 aromatic heterocycles. The van der Waals surface area contributed by atoms with Crippen LogP contribution < -0.4 is 11.4 Å². The third kappa shape index (κ3) is 2.76. The lowest BCUT2D eigenvalue weighted by Gasteiger charge is -2.05. The van der Waals surface area contributed by atoms with E-state index >= 15 is 0 Å². The van der Waals surface area contributed by atoms with Crippen LogP contribution in [0.25, 0.3) is 0 Å². The average Bonchev–Trinajstić information content (AvgIpc) is 2.14. The van der Waals surface area contributed by atoms with Crippen LogP contribution in [0.5, 0.6) is 0 Å². The third-order valence-electron chi connectivity index (χ3n) is 1.58. The molecule has 7 heteroatoms.